The first-order valence-corrected chi connectivity index (χ1v) is 7.62. The molecule has 1 aliphatic heterocycles. The minimum atomic E-state index is 0. The first-order chi connectivity index (χ1) is 10.6. The molecule has 1 amide bonds. The maximum atomic E-state index is 11.3. The molecule has 0 radical (unpaired) electrons. The van der Waals surface area contributed by atoms with Crippen molar-refractivity contribution >= 4 is 35.0 Å². The number of H-pyrrole nitrogens is 1. The monoisotopic (exact) mass is 321 g/mol. The van der Waals surface area contributed by atoms with Crippen LogP contribution in [0.2, 0.25) is 0 Å². The number of nitrogens with zero attached hydrogens (tertiary/aromatic N) is 5. The molecule has 1 saturated heterocycles. The second-order valence-electron chi connectivity index (χ2n) is 5.76. The maximum Gasteiger partial charge on any atom is 0.224 e. The summed E-state index contributed by atoms with van der Waals surface area (Å²) in [5.41, 5.74) is 6.40. The predicted molar refractivity (Wildman–Crippen MR) is 89.4 cm³/mol. The van der Waals surface area contributed by atoms with Crippen LogP contribution in [0.4, 0.5) is 17.6 Å². The van der Waals surface area contributed by atoms with Crippen LogP contribution in [-0.4, -0.2) is 51.7 Å². The van der Waals surface area contributed by atoms with Crippen LogP contribution in [0.25, 0.3) is 11.0 Å². The van der Waals surface area contributed by atoms with E-state index in [0.717, 1.165) is 37.1 Å². The zero-order valence-corrected chi connectivity index (χ0v) is 13.4. The van der Waals surface area contributed by atoms with E-state index in [0.29, 0.717) is 23.9 Å². The molecule has 0 spiro atoms. The number of hydrogen-bond donors (Lipinski definition) is 2. The lowest BCUT2D eigenvalue weighted by atomic mass is 10.0. The number of aromatic nitrogens is 4. The van der Waals surface area contributed by atoms with Crippen LogP contribution < -0.4 is 15.5 Å². The maximum absolute atomic E-state index is 11.3. The Morgan fingerprint density at radius 3 is 2.91 bits per heavy atom. The third-order valence-corrected chi connectivity index (χ3v) is 4.10. The molecule has 2 aromatic heterocycles. The summed E-state index contributed by atoms with van der Waals surface area (Å²) in [6.45, 7) is 6.50. The number of fused-ring (bicyclic) bond motifs is 1. The standard InChI is InChI=1S/C14H21N7O.H2O/c1-3-20(8-22)13-10-11(18-19-13)16-14(15)17-12(10)21-6-4-5-9(2)7-21;/h8-9H,3-7H2,1-2H3,(H3,15,16,17,18,19);1H2. The third kappa shape index (κ3) is 3.04. The normalized spacial score (nSPS) is 17.8. The zero-order valence-electron chi connectivity index (χ0n) is 13.4. The van der Waals surface area contributed by atoms with Crippen molar-refractivity contribution in [2.24, 2.45) is 5.92 Å². The van der Waals surface area contributed by atoms with Crippen molar-refractivity contribution in [1.82, 2.24) is 20.2 Å². The van der Waals surface area contributed by atoms with Crippen LogP contribution in [0.5, 0.6) is 0 Å². The molecule has 23 heavy (non-hydrogen) atoms. The molecule has 3 heterocycles. The smallest absolute Gasteiger partial charge is 0.224 e. The number of carbonyl (C=O) groups excluding carboxylic acids is 1. The molecule has 1 aliphatic rings. The molecular formula is C14H23N7O2. The summed E-state index contributed by atoms with van der Waals surface area (Å²) < 4.78 is 0. The zero-order chi connectivity index (χ0) is 15.7. The van der Waals surface area contributed by atoms with E-state index in [1.807, 2.05) is 6.92 Å². The van der Waals surface area contributed by atoms with Crippen molar-refractivity contribution < 1.29 is 10.3 Å². The van der Waals surface area contributed by atoms with E-state index >= 15 is 0 Å². The molecule has 0 bridgehead atoms. The number of nitrogens with one attached hydrogen (secondary N) is 1. The molecule has 9 heteroatoms. The largest absolute Gasteiger partial charge is 0.412 e. The van der Waals surface area contributed by atoms with Crippen molar-refractivity contribution in [3.63, 3.8) is 0 Å². The number of nitrogen functional groups attached to an aromatic ring is 1. The lowest BCUT2D eigenvalue weighted by Crippen LogP contribution is -2.35. The Hall–Kier alpha value is -2.42. The molecule has 0 aromatic carbocycles. The molecule has 0 saturated carbocycles. The average Bonchev–Trinajstić information content (AvgIpc) is 2.91. The number of aromatic amines is 1. The fraction of sp³-hybridized carbons (Fsp3) is 0.571. The van der Waals surface area contributed by atoms with E-state index in [1.54, 1.807) is 0 Å². The van der Waals surface area contributed by atoms with Crippen molar-refractivity contribution in [3.8, 4) is 0 Å². The Balaban J connectivity index is 0.00000192. The van der Waals surface area contributed by atoms with Gasteiger partial charge in [0.2, 0.25) is 12.4 Å². The SMILES string of the molecule is CCN(C=O)c1n[nH]c2nc(N)nc(N3CCCC(C)C3)c12.O. The van der Waals surface area contributed by atoms with E-state index in [2.05, 4.69) is 32.0 Å². The van der Waals surface area contributed by atoms with Gasteiger partial charge in [-0.1, -0.05) is 6.92 Å². The Bertz CT molecular complexity index is 687. The Morgan fingerprint density at radius 1 is 1.48 bits per heavy atom. The van der Waals surface area contributed by atoms with Gasteiger partial charge >= 0.3 is 0 Å². The van der Waals surface area contributed by atoms with Gasteiger partial charge in [0, 0.05) is 19.6 Å². The lowest BCUT2D eigenvalue weighted by Gasteiger charge is -2.32. The van der Waals surface area contributed by atoms with Crippen molar-refractivity contribution in [1.29, 1.82) is 0 Å². The van der Waals surface area contributed by atoms with Gasteiger partial charge in [-0.3, -0.25) is 14.8 Å². The minimum absolute atomic E-state index is 0. The number of anilines is 3. The molecule has 126 valence electrons. The van der Waals surface area contributed by atoms with Gasteiger partial charge in [-0.05, 0) is 25.7 Å². The van der Waals surface area contributed by atoms with Gasteiger partial charge in [0.05, 0.1) is 0 Å². The average molecular weight is 321 g/mol. The minimum Gasteiger partial charge on any atom is -0.412 e. The first-order valence-electron chi connectivity index (χ1n) is 7.62. The summed E-state index contributed by atoms with van der Waals surface area (Å²) >= 11 is 0. The number of rotatable bonds is 4. The summed E-state index contributed by atoms with van der Waals surface area (Å²) in [4.78, 5) is 23.7. The quantitative estimate of drug-likeness (QED) is 0.779. The highest BCUT2D eigenvalue weighted by atomic mass is 16.1. The molecule has 1 fully saturated rings. The molecule has 3 rings (SSSR count). The Kier molecular flexibility index (Phi) is 4.99. The van der Waals surface area contributed by atoms with Gasteiger partial charge < -0.3 is 16.1 Å². The topological polar surface area (TPSA) is 136 Å². The van der Waals surface area contributed by atoms with Crippen molar-refractivity contribution in [2.75, 3.05) is 35.2 Å². The van der Waals surface area contributed by atoms with E-state index < -0.39 is 0 Å². The number of nitrogens with two attached hydrogens (primary N) is 1. The summed E-state index contributed by atoms with van der Waals surface area (Å²) in [6, 6.07) is 0. The molecule has 1 unspecified atom stereocenters. The van der Waals surface area contributed by atoms with Crippen molar-refractivity contribution in [2.45, 2.75) is 26.7 Å². The number of amides is 1. The van der Waals surface area contributed by atoms with Crippen LogP contribution in [0.1, 0.15) is 26.7 Å². The van der Waals surface area contributed by atoms with Crippen LogP contribution in [-0.2, 0) is 4.79 Å². The van der Waals surface area contributed by atoms with E-state index in [1.165, 1.54) is 11.3 Å². The third-order valence-electron chi connectivity index (χ3n) is 4.10. The number of carbonyl (C=O) groups is 1. The van der Waals surface area contributed by atoms with Crippen LogP contribution >= 0.6 is 0 Å². The fourth-order valence-corrected chi connectivity index (χ4v) is 3.01. The molecule has 1 atom stereocenters. The molecule has 2 aromatic rings. The molecule has 9 nitrogen and oxygen atoms in total. The second kappa shape index (κ2) is 6.78. The van der Waals surface area contributed by atoms with Crippen LogP contribution in [0, 0.1) is 5.92 Å². The molecule has 0 aliphatic carbocycles. The highest BCUT2D eigenvalue weighted by Gasteiger charge is 2.25. The predicted octanol–water partition coefficient (Wildman–Crippen LogP) is 0.329. The van der Waals surface area contributed by atoms with Gasteiger partial charge in [0.25, 0.3) is 0 Å². The molecular weight excluding hydrogens is 298 g/mol. The van der Waals surface area contributed by atoms with Gasteiger partial charge in [0.1, 0.15) is 11.2 Å². The summed E-state index contributed by atoms with van der Waals surface area (Å²) in [5.74, 6) is 2.13. The summed E-state index contributed by atoms with van der Waals surface area (Å²) in [7, 11) is 0. The van der Waals surface area contributed by atoms with Crippen molar-refractivity contribution in [3.05, 3.63) is 0 Å². The second-order valence-corrected chi connectivity index (χ2v) is 5.76. The first kappa shape index (κ1) is 16.9. The van der Waals surface area contributed by atoms with Gasteiger partial charge in [0.15, 0.2) is 11.5 Å². The highest BCUT2D eigenvalue weighted by molar-refractivity contribution is 6.01. The number of piperidine rings is 1. The van der Waals surface area contributed by atoms with E-state index in [4.69, 9.17) is 5.73 Å². The van der Waals surface area contributed by atoms with Gasteiger partial charge in [-0.2, -0.15) is 15.1 Å². The van der Waals surface area contributed by atoms with Crippen LogP contribution in [0.15, 0.2) is 0 Å². The van der Waals surface area contributed by atoms with Gasteiger partial charge in [-0.15, -0.1) is 0 Å². The van der Waals surface area contributed by atoms with Gasteiger partial charge in [-0.25, -0.2) is 0 Å². The summed E-state index contributed by atoms with van der Waals surface area (Å²) in [5, 5.41) is 7.86. The number of hydrogen-bond acceptors (Lipinski definition) is 6. The Labute approximate surface area is 134 Å². The van der Waals surface area contributed by atoms with E-state index in [9.17, 15) is 4.79 Å². The summed E-state index contributed by atoms with van der Waals surface area (Å²) in [6.07, 6.45) is 3.10. The Morgan fingerprint density at radius 2 is 2.26 bits per heavy atom. The van der Waals surface area contributed by atoms with E-state index in [-0.39, 0.29) is 11.4 Å². The molecule has 5 N–H and O–H groups in total. The fourth-order valence-electron chi connectivity index (χ4n) is 3.01. The van der Waals surface area contributed by atoms with Crippen LogP contribution in [0.3, 0.4) is 0 Å². The highest BCUT2D eigenvalue weighted by Crippen LogP contribution is 2.33. The lowest BCUT2D eigenvalue weighted by molar-refractivity contribution is -0.107.